The Balaban J connectivity index is 2.87. The Bertz CT molecular complexity index is 451. The summed E-state index contributed by atoms with van der Waals surface area (Å²) in [6, 6.07) is 3.62. The number of hydrogen-bond acceptors (Lipinski definition) is 3. The van der Waals surface area contributed by atoms with Crippen molar-refractivity contribution in [2.75, 3.05) is 7.11 Å². The molecule has 106 valence electrons. The van der Waals surface area contributed by atoms with Crippen molar-refractivity contribution in [3.05, 3.63) is 34.6 Å². The van der Waals surface area contributed by atoms with Gasteiger partial charge in [-0.05, 0) is 30.5 Å². The second kappa shape index (κ2) is 6.87. The number of esters is 1. The van der Waals surface area contributed by atoms with Gasteiger partial charge in [0.1, 0.15) is 11.9 Å². The summed E-state index contributed by atoms with van der Waals surface area (Å²) in [6.45, 7) is 5.72. The van der Waals surface area contributed by atoms with Gasteiger partial charge in [0.2, 0.25) is 0 Å². The van der Waals surface area contributed by atoms with E-state index < -0.39 is 6.04 Å². The van der Waals surface area contributed by atoms with Gasteiger partial charge in [-0.2, -0.15) is 0 Å². The van der Waals surface area contributed by atoms with E-state index in [1.165, 1.54) is 19.2 Å². The first-order valence-corrected chi connectivity index (χ1v) is 6.53. The minimum Gasteiger partial charge on any atom is -0.468 e. The van der Waals surface area contributed by atoms with Crippen LogP contribution >= 0.6 is 11.6 Å². The number of halogens is 2. The van der Waals surface area contributed by atoms with Crippen molar-refractivity contribution in [3.8, 4) is 0 Å². The number of benzene rings is 1. The van der Waals surface area contributed by atoms with E-state index in [1.54, 1.807) is 6.07 Å². The quantitative estimate of drug-likeness (QED) is 0.844. The first-order chi connectivity index (χ1) is 8.86. The van der Waals surface area contributed by atoms with Gasteiger partial charge in [0.05, 0.1) is 7.11 Å². The molecule has 3 nitrogen and oxygen atoms in total. The molecule has 19 heavy (non-hydrogen) atoms. The minimum atomic E-state index is -0.430. The van der Waals surface area contributed by atoms with Gasteiger partial charge >= 0.3 is 5.97 Å². The molecule has 0 aliphatic carbocycles. The maximum absolute atomic E-state index is 13.0. The Morgan fingerprint density at radius 2 is 2.00 bits per heavy atom. The zero-order valence-electron chi connectivity index (χ0n) is 11.5. The Morgan fingerprint density at radius 1 is 1.37 bits per heavy atom. The summed E-state index contributed by atoms with van der Waals surface area (Å²) < 4.78 is 17.8. The molecule has 1 aromatic carbocycles. The summed E-state index contributed by atoms with van der Waals surface area (Å²) >= 11 is 6.00. The molecule has 0 bridgehead atoms. The fraction of sp³-hybridized carbons (Fsp3) is 0.500. The maximum atomic E-state index is 13.0. The molecule has 1 aromatic rings. The number of carbonyl (C=O) groups is 1. The molecule has 0 radical (unpaired) electrons. The minimum absolute atomic E-state index is 0.0779. The van der Waals surface area contributed by atoms with E-state index in [0.29, 0.717) is 5.02 Å². The summed E-state index contributed by atoms with van der Waals surface area (Å²) in [7, 11) is 1.36. The lowest BCUT2D eigenvalue weighted by atomic mass is 10.0. The third kappa shape index (κ3) is 4.18. The Morgan fingerprint density at radius 3 is 2.47 bits per heavy atom. The highest BCUT2D eigenvalue weighted by molar-refractivity contribution is 6.31. The average Bonchev–Trinajstić information content (AvgIpc) is 2.34. The highest BCUT2D eigenvalue weighted by Gasteiger charge is 2.25. The van der Waals surface area contributed by atoms with E-state index >= 15 is 0 Å². The lowest BCUT2D eigenvalue weighted by Gasteiger charge is -2.25. The monoisotopic (exact) mass is 287 g/mol. The van der Waals surface area contributed by atoms with Crippen LogP contribution in [0.25, 0.3) is 0 Å². The van der Waals surface area contributed by atoms with Crippen molar-refractivity contribution in [3.63, 3.8) is 0 Å². The zero-order valence-corrected chi connectivity index (χ0v) is 12.3. The molecule has 0 aliphatic rings. The van der Waals surface area contributed by atoms with E-state index in [2.05, 4.69) is 5.32 Å². The summed E-state index contributed by atoms with van der Waals surface area (Å²) in [5.74, 6) is -0.622. The van der Waals surface area contributed by atoms with Gasteiger partial charge in [0.15, 0.2) is 0 Å². The van der Waals surface area contributed by atoms with Gasteiger partial charge in [-0.25, -0.2) is 4.39 Å². The highest BCUT2D eigenvalue weighted by Crippen LogP contribution is 2.24. The van der Waals surface area contributed by atoms with Crippen LogP contribution in [0.4, 0.5) is 4.39 Å². The van der Waals surface area contributed by atoms with E-state index in [-0.39, 0.29) is 23.7 Å². The van der Waals surface area contributed by atoms with Crippen LogP contribution in [0.5, 0.6) is 0 Å². The van der Waals surface area contributed by atoms with Crippen LogP contribution in [-0.4, -0.2) is 19.1 Å². The van der Waals surface area contributed by atoms with Gasteiger partial charge in [0.25, 0.3) is 0 Å². The number of carbonyl (C=O) groups excluding carboxylic acids is 1. The van der Waals surface area contributed by atoms with E-state index in [1.807, 2.05) is 20.8 Å². The van der Waals surface area contributed by atoms with Crippen LogP contribution in [-0.2, 0) is 9.53 Å². The number of hydrogen-bond donors (Lipinski definition) is 1. The molecule has 0 saturated heterocycles. The van der Waals surface area contributed by atoms with Gasteiger partial charge in [-0.3, -0.25) is 10.1 Å². The molecule has 0 amide bonds. The summed E-state index contributed by atoms with van der Waals surface area (Å²) in [6.07, 6.45) is 0. The molecule has 0 aliphatic heterocycles. The summed E-state index contributed by atoms with van der Waals surface area (Å²) in [5.41, 5.74) is 0.748. The largest absolute Gasteiger partial charge is 0.468 e. The molecule has 0 fully saturated rings. The number of nitrogens with one attached hydrogen (secondary N) is 1. The second-order valence-corrected chi connectivity index (χ2v) is 5.21. The fourth-order valence-corrected chi connectivity index (χ4v) is 2.20. The molecule has 0 spiro atoms. The predicted molar refractivity (Wildman–Crippen MR) is 73.6 cm³/mol. The van der Waals surface area contributed by atoms with Crippen LogP contribution in [0.1, 0.15) is 32.4 Å². The third-order valence-corrected chi connectivity index (χ3v) is 3.31. The Labute approximate surface area is 118 Å². The van der Waals surface area contributed by atoms with Crippen LogP contribution < -0.4 is 5.32 Å². The van der Waals surface area contributed by atoms with Crippen LogP contribution in [0.15, 0.2) is 18.2 Å². The van der Waals surface area contributed by atoms with Crippen LogP contribution in [0.3, 0.4) is 0 Å². The normalized spacial score (nSPS) is 14.3. The number of methoxy groups -OCH3 is 1. The van der Waals surface area contributed by atoms with E-state index in [0.717, 1.165) is 5.56 Å². The topological polar surface area (TPSA) is 38.3 Å². The fourth-order valence-electron chi connectivity index (χ4n) is 1.87. The molecule has 1 rings (SSSR count). The van der Waals surface area contributed by atoms with Crippen molar-refractivity contribution in [1.82, 2.24) is 5.32 Å². The third-order valence-electron chi connectivity index (χ3n) is 2.98. The molecule has 5 heteroatoms. The van der Waals surface area contributed by atoms with E-state index in [4.69, 9.17) is 16.3 Å². The second-order valence-electron chi connectivity index (χ2n) is 4.80. The Kier molecular flexibility index (Phi) is 5.76. The van der Waals surface area contributed by atoms with Crippen LogP contribution in [0.2, 0.25) is 5.02 Å². The molecular formula is C14H19ClFNO2. The smallest absolute Gasteiger partial charge is 0.323 e. The van der Waals surface area contributed by atoms with Gasteiger partial charge in [-0.1, -0.05) is 31.5 Å². The molecule has 0 aromatic heterocycles. The summed E-state index contributed by atoms with van der Waals surface area (Å²) in [5, 5.41) is 3.50. The van der Waals surface area contributed by atoms with Crippen molar-refractivity contribution >= 4 is 17.6 Å². The molecule has 1 unspecified atom stereocenters. The SMILES string of the molecule is COC(=O)[C@@H](NC(C)c1ccc(F)cc1Cl)C(C)C. The standard InChI is InChI=1S/C14H19ClFNO2/c1-8(2)13(14(18)19-4)17-9(3)11-6-5-10(16)7-12(11)15/h5-9,13,17H,1-4H3/t9?,13-/m0/s1. The zero-order chi connectivity index (χ0) is 14.6. The number of rotatable bonds is 5. The molecule has 0 saturated carbocycles. The van der Waals surface area contributed by atoms with Crippen molar-refractivity contribution in [2.45, 2.75) is 32.9 Å². The van der Waals surface area contributed by atoms with Crippen molar-refractivity contribution in [2.24, 2.45) is 5.92 Å². The lowest BCUT2D eigenvalue weighted by molar-refractivity contribution is -0.144. The molecule has 1 N–H and O–H groups in total. The van der Waals surface area contributed by atoms with Gasteiger partial charge in [-0.15, -0.1) is 0 Å². The van der Waals surface area contributed by atoms with Gasteiger partial charge in [0, 0.05) is 11.1 Å². The highest BCUT2D eigenvalue weighted by atomic mass is 35.5. The summed E-state index contributed by atoms with van der Waals surface area (Å²) in [4.78, 5) is 11.7. The first kappa shape index (κ1) is 15.9. The first-order valence-electron chi connectivity index (χ1n) is 6.15. The number of ether oxygens (including phenoxy) is 1. The van der Waals surface area contributed by atoms with Crippen molar-refractivity contribution < 1.29 is 13.9 Å². The maximum Gasteiger partial charge on any atom is 0.323 e. The molecule has 2 atom stereocenters. The van der Waals surface area contributed by atoms with Crippen LogP contribution in [0, 0.1) is 11.7 Å². The van der Waals surface area contributed by atoms with Crippen molar-refractivity contribution in [1.29, 1.82) is 0 Å². The van der Waals surface area contributed by atoms with Gasteiger partial charge < -0.3 is 4.74 Å². The van der Waals surface area contributed by atoms with E-state index in [9.17, 15) is 9.18 Å². The lowest BCUT2D eigenvalue weighted by Crippen LogP contribution is -2.43. The average molecular weight is 288 g/mol. The molecular weight excluding hydrogens is 269 g/mol. The predicted octanol–water partition coefficient (Wildman–Crippen LogP) is 3.33. The Hall–Kier alpha value is -1.13. The molecule has 0 heterocycles.